The first-order valence-corrected chi connectivity index (χ1v) is 7.04. The van der Waals surface area contributed by atoms with Crippen molar-refractivity contribution in [2.24, 2.45) is 5.92 Å². The molecule has 0 amide bonds. The monoisotopic (exact) mass is 252 g/mol. The van der Waals surface area contributed by atoms with Crippen LogP contribution in [0.1, 0.15) is 58.9 Å². The summed E-state index contributed by atoms with van der Waals surface area (Å²) in [5.74, 6) is 1.33. The van der Waals surface area contributed by atoms with Crippen LogP contribution in [0.25, 0.3) is 0 Å². The van der Waals surface area contributed by atoms with E-state index in [1.165, 1.54) is 12.5 Å². The summed E-state index contributed by atoms with van der Waals surface area (Å²) in [5, 5.41) is 0. The van der Waals surface area contributed by atoms with Crippen molar-refractivity contribution < 1.29 is 9.13 Å². The van der Waals surface area contributed by atoms with Crippen molar-refractivity contribution in [2.75, 3.05) is 0 Å². The number of hydrogen-bond acceptors (Lipinski definition) is 1. The Morgan fingerprint density at radius 2 is 1.89 bits per heavy atom. The molecule has 0 saturated heterocycles. The molecule has 2 atom stereocenters. The largest absolute Gasteiger partial charge is 0.490 e. The fraction of sp³-hybridized carbons (Fsp3) is 0.625. The number of halogens is 1. The Kier molecular flexibility index (Phi) is 5.64. The van der Waals surface area contributed by atoms with Crippen molar-refractivity contribution in [3.63, 3.8) is 0 Å². The molecule has 0 N–H and O–H groups in total. The van der Waals surface area contributed by atoms with E-state index in [1.807, 2.05) is 33.8 Å². The van der Waals surface area contributed by atoms with Gasteiger partial charge >= 0.3 is 0 Å². The third-order valence-electron chi connectivity index (χ3n) is 3.41. The second-order valence-electron chi connectivity index (χ2n) is 5.02. The van der Waals surface area contributed by atoms with E-state index >= 15 is 0 Å². The van der Waals surface area contributed by atoms with Gasteiger partial charge in [-0.15, -0.1) is 0 Å². The van der Waals surface area contributed by atoms with Gasteiger partial charge in [-0.05, 0) is 36.8 Å². The number of ether oxygens (including phenoxy) is 1. The van der Waals surface area contributed by atoms with E-state index in [9.17, 15) is 4.39 Å². The van der Waals surface area contributed by atoms with Gasteiger partial charge in [0, 0.05) is 5.56 Å². The van der Waals surface area contributed by atoms with Gasteiger partial charge in [0.25, 0.3) is 0 Å². The van der Waals surface area contributed by atoms with Gasteiger partial charge in [0.1, 0.15) is 17.7 Å². The molecule has 1 saturated carbocycles. The Bertz CT molecular complexity index is 373. The van der Waals surface area contributed by atoms with Gasteiger partial charge in [0.15, 0.2) is 0 Å². The highest BCUT2D eigenvalue weighted by Crippen LogP contribution is 2.35. The molecule has 1 nitrogen and oxygen atoms in total. The van der Waals surface area contributed by atoms with Gasteiger partial charge in [-0.25, -0.2) is 4.39 Å². The molecule has 0 aliphatic heterocycles. The third-order valence-corrected chi connectivity index (χ3v) is 3.41. The molecule has 0 radical (unpaired) electrons. The molecule has 1 aromatic carbocycles. The van der Waals surface area contributed by atoms with E-state index in [0.717, 1.165) is 12.2 Å². The minimum atomic E-state index is -0.153. The zero-order chi connectivity index (χ0) is 13.7. The molecule has 18 heavy (non-hydrogen) atoms. The standard InChI is InChI=1S/C14H19FO.C2H6/c1-9(2)14-11(15)5-4-6-13(14)16-12-8-7-10(12)3;1-2/h4-6,9-10,12H,7-8H2,1-3H3;1-2H3/t10-,12-;/m1./s1. The minimum absolute atomic E-state index is 0.153. The lowest BCUT2D eigenvalue weighted by atomic mass is 9.83. The van der Waals surface area contributed by atoms with Crippen molar-refractivity contribution in [1.29, 1.82) is 0 Å². The van der Waals surface area contributed by atoms with Crippen molar-refractivity contribution in [1.82, 2.24) is 0 Å². The summed E-state index contributed by atoms with van der Waals surface area (Å²) in [6, 6.07) is 5.11. The van der Waals surface area contributed by atoms with Gasteiger partial charge < -0.3 is 4.74 Å². The van der Waals surface area contributed by atoms with E-state index in [0.29, 0.717) is 11.5 Å². The first kappa shape index (κ1) is 15.0. The zero-order valence-corrected chi connectivity index (χ0v) is 12.2. The van der Waals surface area contributed by atoms with Crippen LogP contribution >= 0.6 is 0 Å². The van der Waals surface area contributed by atoms with Gasteiger partial charge in [-0.2, -0.15) is 0 Å². The lowest BCUT2D eigenvalue weighted by molar-refractivity contribution is 0.0562. The molecule has 2 heteroatoms. The Morgan fingerprint density at radius 1 is 1.22 bits per heavy atom. The summed E-state index contributed by atoms with van der Waals surface area (Å²) >= 11 is 0. The normalized spacial score (nSPS) is 21.9. The van der Waals surface area contributed by atoms with E-state index in [1.54, 1.807) is 6.07 Å². The summed E-state index contributed by atoms with van der Waals surface area (Å²) in [7, 11) is 0. The van der Waals surface area contributed by atoms with Gasteiger partial charge in [-0.1, -0.05) is 40.7 Å². The molecule has 1 aliphatic carbocycles. The Morgan fingerprint density at radius 3 is 2.33 bits per heavy atom. The van der Waals surface area contributed by atoms with Crippen molar-refractivity contribution in [3.8, 4) is 5.75 Å². The molecule has 102 valence electrons. The first-order chi connectivity index (χ1) is 8.59. The summed E-state index contributed by atoms with van der Waals surface area (Å²) in [5.41, 5.74) is 0.710. The summed E-state index contributed by atoms with van der Waals surface area (Å²) in [6.45, 7) is 10.2. The molecule has 1 aromatic rings. The molecule has 1 aliphatic rings. The van der Waals surface area contributed by atoms with Gasteiger partial charge in [0.2, 0.25) is 0 Å². The molecule has 0 bridgehead atoms. The maximum atomic E-state index is 13.7. The first-order valence-electron chi connectivity index (χ1n) is 7.04. The summed E-state index contributed by atoms with van der Waals surface area (Å²) in [4.78, 5) is 0. The van der Waals surface area contributed by atoms with E-state index in [4.69, 9.17) is 4.74 Å². The van der Waals surface area contributed by atoms with Crippen molar-refractivity contribution in [3.05, 3.63) is 29.6 Å². The van der Waals surface area contributed by atoms with Crippen LogP contribution in [0.15, 0.2) is 18.2 Å². The maximum Gasteiger partial charge on any atom is 0.130 e. The van der Waals surface area contributed by atoms with Gasteiger partial charge in [0.05, 0.1) is 0 Å². The van der Waals surface area contributed by atoms with E-state index in [-0.39, 0.29) is 17.8 Å². The fourth-order valence-corrected chi connectivity index (χ4v) is 2.15. The van der Waals surface area contributed by atoms with Gasteiger partial charge in [-0.3, -0.25) is 0 Å². The van der Waals surface area contributed by atoms with E-state index in [2.05, 4.69) is 6.92 Å². The van der Waals surface area contributed by atoms with Crippen molar-refractivity contribution >= 4 is 0 Å². The van der Waals surface area contributed by atoms with Crippen LogP contribution in [0.4, 0.5) is 4.39 Å². The number of benzene rings is 1. The Labute approximate surface area is 110 Å². The van der Waals surface area contributed by atoms with E-state index < -0.39 is 0 Å². The van der Waals surface area contributed by atoms with Crippen LogP contribution < -0.4 is 4.74 Å². The molecular formula is C16H25FO. The van der Waals surface area contributed by atoms with Crippen LogP contribution in [0.5, 0.6) is 5.75 Å². The fourth-order valence-electron chi connectivity index (χ4n) is 2.15. The quantitative estimate of drug-likeness (QED) is 0.722. The summed E-state index contributed by atoms with van der Waals surface area (Å²) < 4.78 is 19.6. The number of hydrogen-bond donors (Lipinski definition) is 0. The van der Waals surface area contributed by atoms with Crippen LogP contribution in [0, 0.1) is 11.7 Å². The average molecular weight is 252 g/mol. The second kappa shape index (κ2) is 6.77. The Hall–Kier alpha value is -1.05. The van der Waals surface area contributed by atoms with Crippen LogP contribution in [-0.2, 0) is 0 Å². The molecule has 0 unspecified atom stereocenters. The predicted molar refractivity (Wildman–Crippen MR) is 74.7 cm³/mol. The van der Waals surface area contributed by atoms with Crippen LogP contribution in [-0.4, -0.2) is 6.10 Å². The molecule has 0 spiro atoms. The number of rotatable bonds is 3. The minimum Gasteiger partial charge on any atom is -0.490 e. The molecule has 2 rings (SSSR count). The maximum absolute atomic E-state index is 13.7. The molecule has 0 aromatic heterocycles. The average Bonchev–Trinajstić information content (AvgIpc) is 2.36. The predicted octanol–water partition coefficient (Wildman–Crippen LogP) is 5.15. The highest BCUT2D eigenvalue weighted by atomic mass is 19.1. The lowest BCUT2D eigenvalue weighted by Crippen LogP contribution is -2.34. The lowest BCUT2D eigenvalue weighted by Gasteiger charge is -2.34. The zero-order valence-electron chi connectivity index (χ0n) is 12.2. The molecular weight excluding hydrogens is 227 g/mol. The van der Waals surface area contributed by atoms with Crippen LogP contribution in [0.2, 0.25) is 0 Å². The molecule has 1 fully saturated rings. The Balaban J connectivity index is 0.000000771. The highest BCUT2D eigenvalue weighted by Gasteiger charge is 2.29. The highest BCUT2D eigenvalue weighted by molar-refractivity contribution is 5.37. The topological polar surface area (TPSA) is 9.23 Å². The third kappa shape index (κ3) is 3.24. The van der Waals surface area contributed by atoms with Crippen LogP contribution in [0.3, 0.4) is 0 Å². The smallest absolute Gasteiger partial charge is 0.130 e. The second-order valence-corrected chi connectivity index (χ2v) is 5.02. The SMILES string of the molecule is CC.CC(C)c1c(F)cccc1O[C@@H]1CC[C@H]1C. The van der Waals surface area contributed by atoms with Crippen molar-refractivity contribution in [2.45, 2.75) is 59.5 Å². The molecule has 0 heterocycles. The summed E-state index contributed by atoms with van der Waals surface area (Å²) in [6.07, 6.45) is 2.59.